The molecule has 1 aromatic carbocycles. The zero-order valence-corrected chi connectivity index (χ0v) is 14.6. The van der Waals surface area contributed by atoms with Crippen LogP contribution in [-0.4, -0.2) is 48.5 Å². The minimum Gasteiger partial charge on any atom is -0.469 e. The number of esters is 1. The van der Waals surface area contributed by atoms with Crippen LogP contribution < -0.4 is 5.32 Å². The highest BCUT2D eigenvalue weighted by molar-refractivity contribution is 5.80. The van der Waals surface area contributed by atoms with E-state index in [0.29, 0.717) is 6.54 Å². The summed E-state index contributed by atoms with van der Waals surface area (Å²) in [5.74, 6) is 0.607. The van der Waals surface area contributed by atoms with Crippen molar-refractivity contribution < 1.29 is 14.5 Å². The number of hydrogen-bond acceptors (Lipinski definition) is 5. The predicted molar refractivity (Wildman–Crippen MR) is 94.2 cm³/mol. The van der Waals surface area contributed by atoms with E-state index >= 15 is 0 Å². The maximum atomic E-state index is 11.6. The fourth-order valence-electron chi connectivity index (χ4n) is 2.81. The van der Waals surface area contributed by atoms with Crippen LogP contribution in [-0.2, 0) is 16.1 Å². The monoisotopic (exact) mass is 348 g/mol. The lowest BCUT2D eigenvalue weighted by Crippen LogP contribution is -2.46. The number of nitro groups is 1. The van der Waals surface area contributed by atoms with E-state index in [1.54, 1.807) is 12.1 Å². The fraction of sp³-hybridized carbons (Fsp3) is 0.529. The van der Waals surface area contributed by atoms with Gasteiger partial charge in [-0.1, -0.05) is 12.1 Å². The first kappa shape index (κ1) is 18.7. The summed E-state index contributed by atoms with van der Waals surface area (Å²) in [5, 5.41) is 14.0. The van der Waals surface area contributed by atoms with Crippen molar-refractivity contribution in [3.63, 3.8) is 0 Å². The Bertz CT molecular complexity index is 622. The molecule has 1 N–H and O–H groups in total. The molecule has 1 heterocycles. The van der Waals surface area contributed by atoms with Gasteiger partial charge in [0.1, 0.15) is 0 Å². The number of piperidine rings is 1. The molecule has 0 aromatic heterocycles. The van der Waals surface area contributed by atoms with Crippen molar-refractivity contribution in [2.75, 3.05) is 26.7 Å². The molecule has 1 aliphatic rings. The molecule has 8 heteroatoms. The van der Waals surface area contributed by atoms with Crippen molar-refractivity contribution >= 4 is 17.6 Å². The second kappa shape index (κ2) is 9.00. The number of carbonyl (C=O) groups excluding carboxylic acids is 1. The molecule has 0 atom stereocenters. The van der Waals surface area contributed by atoms with Crippen molar-refractivity contribution in [1.29, 1.82) is 0 Å². The number of ether oxygens (including phenoxy) is 1. The molecule has 1 saturated heterocycles. The molecule has 1 fully saturated rings. The van der Waals surface area contributed by atoms with Crippen molar-refractivity contribution in [2.24, 2.45) is 10.9 Å². The molecule has 0 bridgehead atoms. The van der Waals surface area contributed by atoms with Gasteiger partial charge in [0, 0.05) is 31.8 Å². The van der Waals surface area contributed by atoms with E-state index in [-0.39, 0.29) is 17.6 Å². The van der Waals surface area contributed by atoms with Gasteiger partial charge in [0.2, 0.25) is 0 Å². The third-order valence-corrected chi connectivity index (χ3v) is 4.22. The van der Waals surface area contributed by atoms with Gasteiger partial charge in [-0.05, 0) is 25.3 Å². The van der Waals surface area contributed by atoms with Gasteiger partial charge in [-0.3, -0.25) is 14.9 Å². The summed E-state index contributed by atoms with van der Waals surface area (Å²) < 4.78 is 4.81. The number of nitro benzene ring substituents is 1. The minimum absolute atomic E-state index is 0.0428. The van der Waals surface area contributed by atoms with Gasteiger partial charge in [0.05, 0.1) is 24.5 Å². The van der Waals surface area contributed by atoms with Gasteiger partial charge in [0.15, 0.2) is 5.96 Å². The maximum absolute atomic E-state index is 11.6. The highest BCUT2D eigenvalue weighted by Gasteiger charge is 2.26. The van der Waals surface area contributed by atoms with E-state index in [2.05, 4.69) is 15.2 Å². The Labute approximate surface area is 147 Å². The lowest BCUT2D eigenvalue weighted by atomic mass is 9.97. The summed E-state index contributed by atoms with van der Waals surface area (Å²) >= 11 is 0. The summed E-state index contributed by atoms with van der Waals surface area (Å²) in [4.78, 5) is 28.7. The second-order valence-corrected chi connectivity index (χ2v) is 5.88. The summed E-state index contributed by atoms with van der Waals surface area (Å²) in [5.41, 5.74) is 0.981. The van der Waals surface area contributed by atoms with Crippen LogP contribution >= 0.6 is 0 Å². The number of aliphatic imine (C=N–C) groups is 1. The summed E-state index contributed by atoms with van der Waals surface area (Å²) in [7, 11) is 1.42. The van der Waals surface area contributed by atoms with Crippen LogP contribution in [0.3, 0.4) is 0 Å². The van der Waals surface area contributed by atoms with Crippen molar-refractivity contribution in [3.05, 3.63) is 39.9 Å². The number of likely N-dealkylation sites (tertiary alicyclic amines) is 1. The van der Waals surface area contributed by atoms with E-state index in [1.165, 1.54) is 19.2 Å². The maximum Gasteiger partial charge on any atom is 0.308 e. The van der Waals surface area contributed by atoms with E-state index in [4.69, 9.17) is 4.74 Å². The summed E-state index contributed by atoms with van der Waals surface area (Å²) in [6.45, 7) is 4.67. The van der Waals surface area contributed by atoms with Gasteiger partial charge in [-0.15, -0.1) is 0 Å². The Hall–Kier alpha value is -2.64. The predicted octanol–water partition coefficient (Wildman–Crippen LogP) is 1.95. The first-order chi connectivity index (χ1) is 12.0. The van der Waals surface area contributed by atoms with Gasteiger partial charge in [0.25, 0.3) is 5.69 Å². The molecule has 2 rings (SSSR count). The highest BCUT2D eigenvalue weighted by atomic mass is 16.6. The van der Waals surface area contributed by atoms with E-state index in [1.807, 2.05) is 6.92 Å². The third-order valence-electron chi connectivity index (χ3n) is 4.22. The number of carbonyl (C=O) groups is 1. The second-order valence-electron chi connectivity index (χ2n) is 5.88. The van der Waals surface area contributed by atoms with Crippen LogP contribution in [0.2, 0.25) is 0 Å². The molecule has 0 spiro atoms. The normalized spacial score (nSPS) is 15.8. The molecule has 136 valence electrons. The molecule has 0 unspecified atom stereocenters. The molecule has 1 aliphatic heterocycles. The highest BCUT2D eigenvalue weighted by Crippen LogP contribution is 2.19. The van der Waals surface area contributed by atoms with Crippen LogP contribution in [0.1, 0.15) is 25.3 Å². The largest absolute Gasteiger partial charge is 0.469 e. The third kappa shape index (κ3) is 5.17. The van der Waals surface area contributed by atoms with Gasteiger partial charge < -0.3 is 15.0 Å². The zero-order valence-electron chi connectivity index (χ0n) is 14.6. The molecule has 0 saturated carbocycles. The number of guanidine groups is 1. The Morgan fingerprint density at radius 1 is 1.36 bits per heavy atom. The minimum atomic E-state index is -0.414. The summed E-state index contributed by atoms with van der Waals surface area (Å²) in [6, 6.07) is 6.41. The fourth-order valence-corrected chi connectivity index (χ4v) is 2.81. The van der Waals surface area contributed by atoms with Crippen LogP contribution in [0.5, 0.6) is 0 Å². The zero-order chi connectivity index (χ0) is 18.2. The topological polar surface area (TPSA) is 97.1 Å². The summed E-state index contributed by atoms with van der Waals surface area (Å²) in [6.07, 6.45) is 1.49. The molecular formula is C17H24N4O4. The number of nitrogens with zero attached hydrogens (tertiary/aromatic N) is 3. The lowest BCUT2D eigenvalue weighted by Gasteiger charge is -2.33. The van der Waals surface area contributed by atoms with E-state index in [0.717, 1.165) is 44.0 Å². The average Bonchev–Trinajstić information content (AvgIpc) is 2.65. The van der Waals surface area contributed by atoms with E-state index < -0.39 is 4.92 Å². The first-order valence-electron chi connectivity index (χ1n) is 8.39. The van der Waals surface area contributed by atoms with E-state index in [9.17, 15) is 14.9 Å². The van der Waals surface area contributed by atoms with Crippen LogP contribution in [0.25, 0.3) is 0 Å². The average molecular weight is 348 g/mol. The van der Waals surface area contributed by atoms with Crippen LogP contribution in [0, 0.1) is 16.0 Å². The molecular weight excluding hydrogens is 324 g/mol. The number of nitrogens with one attached hydrogen (secondary N) is 1. The lowest BCUT2D eigenvalue weighted by molar-refractivity contribution is -0.384. The standard InChI is InChI=1S/C17H24N4O4/c1-3-18-17(20-10-8-14(9-11-20)16(22)25-2)19-12-13-4-6-15(7-5-13)21(23)24/h4-7,14H,3,8-12H2,1-2H3,(H,18,19). The molecule has 25 heavy (non-hydrogen) atoms. The number of methoxy groups -OCH3 is 1. The molecule has 1 aromatic rings. The van der Waals surface area contributed by atoms with Crippen LogP contribution in [0.4, 0.5) is 5.69 Å². The molecule has 0 amide bonds. The van der Waals surface area contributed by atoms with Crippen molar-refractivity contribution in [2.45, 2.75) is 26.3 Å². The van der Waals surface area contributed by atoms with Gasteiger partial charge >= 0.3 is 5.97 Å². The Morgan fingerprint density at radius 2 is 2.00 bits per heavy atom. The van der Waals surface area contributed by atoms with Gasteiger partial charge in [-0.2, -0.15) is 0 Å². The van der Waals surface area contributed by atoms with Crippen molar-refractivity contribution in [3.8, 4) is 0 Å². The number of rotatable bonds is 5. The Balaban J connectivity index is 1.99. The van der Waals surface area contributed by atoms with Gasteiger partial charge in [-0.25, -0.2) is 4.99 Å². The first-order valence-corrected chi connectivity index (χ1v) is 8.39. The Morgan fingerprint density at radius 3 is 2.52 bits per heavy atom. The molecule has 8 nitrogen and oxygen atoms in total. The number of non-ortho nitro benzene ring substituents is 1. The smallest absolute Gasteiger partial charge is 0.308 e. The molecule has 0 radical (unpaired) electrons. The number of hydrogen-bond donors (Lipinski definition) is 1. The van der Waals surface area contributed by atoms with Crippen molar-refractivity contribution in [1.82, 2.24) is 10.2 Å². The SMILES string of the molecule is CCNC(=NCc1ccc([N+](=O)[O-])cc1)N1CCC(C(=O)OC)CC1. The number of benzene rings is 1. The Kier molecular flexibility index (Phi) is 6.73. The quantitative estimate of drug-likeness (QED) is 0.287. The molecule has 0 aliphatic carbocycles. The van der Waals surface area contributed by atoms with Crippen LogP contribution in [0.15, 0.2) is 29.3 Å².